The van der Waals surface area contributed by atoms with Gasteiger partial charge in [0.25, 0.3) is 0 Å². The van der Waals surface area contributed by atoms with Crippen molar-refractivity contribution < 1.29 is 14.7 Å². The molecule has 2 rings (SSSR count). The maximum Gasteiger partial charge on any atom is 0.310 e. The molecule has 2 atom stereocenters. The molecule has 1 amide bonds. The third-order valence-electron chi connectivity index (χ3n) is 5.06. The van der Waals surface area contributed by atoms with Gasteiger partial charge >= 0.3 is 5.97 Å². The molecule has 2 unspecified atom stereocenters. The van der Waals surface area contributed by atoms with Gasteiger partial charge in [0, 0.05) is 19.6 Å². The standard InChI is InChI=1S/C15H26N2O3/c1-3-15(14(19)20)7-6-10-17(11-15)12(2)13(18)16-8-4-5-9-16/h12H,3-11H2,1-2H3,(H,19,20). The van der Waals surface area contributed by atoms with Crippen LogP contribution in [0.2, 0.25) is 0 Å². The van der Waals surface area contributed by atoms with E-state index in [1.54, 1.807) is 0 Å². The van der Waals surface area contributed by atoms with E-state index < -0.39 is 11.4 Å². The molecule has 2 heterocycles. The van der Waals surface area contributed by atoms with E-state index in [4.69, 9.17) is 0 Å². The normalized spacial score (nSPS) is 29.4. The second-order valence-corrected chi connectivity index (χ2v) is 6.22. The number of carbonyl (C=O) groups is 2. The molecular weight excluding hydrogens is 256 g/mol. The highest BCUT2D eigenvalue weighted by Gasteiger charge is 2.43. The molecule has 2 aliphatic rings. The first-order valence-corrected chi connectivity index (χ1v) is 7.76. The molecule has 0 spiro atoms. The minimum Gasteiger partial charge on any atom is -0.481 e. The number of hydrogen-bond donors (Lipinski definition) is 1. The molecule has 0 aromatic heterocycles. The fraction of sp³-hybridized carbons (Fsp3) is 0.867. The third-order valence-corrected chi connectivity index (χ3v) is 5.06. The number of carboxylic acids is 1. The minimum atomic E-state index is -0.717. The van der Waals surface area contributed by atoms with Crippen molar-refractivity contribution in [1.82, 2.24) is 9.80 Å². The lowest BCUT2D eigenvalue weighted by Gasteiger charge is -2.42. The number of piperidine rings is 1. The zero-order chi connectivity index (χ0) is 14.8. The molecule has 20 heavy (non-hydrogen) atoms. The fourth-order valence-electron chi connectivity index (χ4n) is 3.47. The van der Waals surface area contributed by atoms with Crippen molar-refractivity contribution >= 4 is 11.9 Å². The van der Waals surface area contributed by atoms with Crippen molar-refractivity contribution in [1.29, 1.82) is 0 Å². The summed E-state index contributed by atoms with van der Waals surface area (Å²) in [4.78, 5) is 28.0. The molecule has 2 aliphatic heterocycles. The Hall–Kier alpha value is -1.10. The number of nitrogens with zero attached hydrogens (tertiary/aromatic N) is 2. The van der Waals surface area contributed by atoms with E-state index in [1.165, 1.54) is 0 Å². The van der Waals surface area contributed by atoms with Crippen LogP contribution in [-0.4, -0.2) is 59.0 Å². The Bertz CT molecular complexity index is 379. The average molecular weight is 282 g/mol. The molecule has 0 saturated carbocycles. The van der Waals surface area contributed by atoms with Crippen LogP contribution in [-0.2, 0) is 9.59 Å². The Morgan fingerprint density at radius 3 is 2.40 bits per heavy atom. The van der Waals surface area contributed by atoms with Crippen LogP contribution in [0.15, 0.2) is 0 Å². The molecular formula is C15H26N2O3. The minimum absolute atomic E-state index is 0.166. The van der Waals surface area contributed by atoms with Crippen molar-refractivity contribution in [3.8, 4) is 0 Å². The zero-order valence-corrected chi connectivity index (χ0v) is 12.6. The Morgan fingerprint density at radius 1 is 1.20 bits per heavy atom. The van der Waals surface area contributed by atoms with Crippen molar-refractivity contribution in [3.63, 3.8) is 0 Å². The number of hydrogen-bond acceptors (Lipinski definition) is 3. The average Bonchev–Trinajstić information content (AvgIpc) is 2.99. The van der Waals surface area contributed by atoms with E-state index in [0.29, 0.717) is 13.0 Å². The molecule has 2 saturated heterocycles. The van der Waals surface area contributed by atoms with Crippen LogP contribution in [0, 0.1) is 5.41 Å². The van der Waals surface area contributed by atoms with Crippen molar-refractivity contribution in [2.45, 2.75) is 52.0 Å². The highest BCUT2D eigenvalue weighted by atomic mass is 16.4. The first-order valence-electron chi connectivity index (χ1n) is 7.76. The summed E-state index contributed by atoms with van der Waals surface area (Å²) in [5.74, 6) is -0.551. The number of rotatable bonds is 4. The second-order valence-electron chi connectivity index (χ2n) is 6.22. The molecule has 114 valence electrons. The molecule has 5 nitrogen and oxygen atoms in total. The predicted molar refractivity (Wildman–Crippen MR) is 76.4 cm³/mol. The van der Waals surface area contributed by atoms with E-state index >= 15 is 0 Å². The largest absolute Gasteiger partial charge is 0.481 e. The molecule has 0 aromatic rings. The van der Waals surface area contributed by atoms with Crippen LogP contribution in [0.4, 0.5) is 0 Å². The summed E-state index contributed by atoms with van der Waals surface area (Å²) in [6.45, 7) is 6.90. The summed E-state index contributed by atoms with van der Waals surface area (Å²) in [5.41, 5.74) is -0.669. The lowest BCUT2D eigenvalue weighted by molar-refractivity contribution is -0.155. The Kier molecular flexibility index (Phi) is 4.68. The van der Waals surface area contributed by atoms with Crippen molar-refractivity contribution in [2.75, 3.05) is 26.2 Å². The Balaban J connectivity index is 2.04. The van der Waals surface area contributed by atoms with E-state index in [0.717, 1.165) is 45.3 Å². The van der Waals surface area contributed by atoms with Gasteiger partial charge in [-0.25, -0.2) is 0 Å². The maximum absolute atomic E-state index is 12.5. The molecule has 0 aliphatic carbocycles. The summed E-state index contributed by atoms with van der Waals surface area (Å²) < 4.78 is 0. The van der Waals surface area contributed by atoms with E-state index in [9.17, 15) is 14.7 Å². The van der Waals surface area contributed by atoms with Crippen LogP contribution in [0.5, 0.6) is 0 Å². The molecule has 5 heteroatoms. The summed E-state index contributed by atoms with van der Waals surface area (Å²) in [6.07, 6.45) is 4.39. The number of carboxylic acid groups (broad SMARTS) is 1. The molecule has 0 bridgehead atoms. The Labute approximate surface area is 120 Å². The van der Waals surface area contributed by atoms with Crippen LogP contribution >= 0.6 is 0 Å². The smallest absolute Gasteiger partial charge is 0.310 e. The highest BCUT2D eigenvalue weighted by Crippen LogP contribution is 2.34. The first-order chi connectivity index (χ1) is 9.50. The zero-order valence-electron chi connectivity index (χ0n) is 12.6. The summed E-state index contributed by atoms with van der Waals surface area (Å²) >= 11 is 0. The molecule has 1 N–H and O–H groups in total. The topological polar surface area (TPSA) is 60.9 Å². The van der Waals surface area contributed by atoms with E-state index in [2.05, 4.69) is 4.90 Å². The van der Waals surface area contributed by atoms with Gasteiger partial charge in [-0.15, -0.1) is 0 Å². The van der Waals surface area contributed by atoms with Crippen LogP contribution in [0.1, 0.15) is 46.0 Å². The number of likely N-dealkylation sites (tertiary alicyclic amines) is 2. The van der Waals surface area contributed by atoms with Gasteiger partial charge in [-0.2, -0.15) is 0 Å². The van der Waals surface area contributed by atoms with Crippen LogP contribution < -0.4 is 0 Å². The number of carbonyl (C=O) groups excluding carboxylic acids is 1. The van der Waals surface area contributed by atoms with Gasteiger partial charge in [0.15, 0.2) is 0 Å². The van der Waals surface area contributed by atoms with Gasteiger partial charge in [-0.1, -0.05) is 6.92 Å². The van der Waals surface area contributed by atoms with Gasteiger partial charge in [0.2, 0.25) is 5.91 Å². The molecule has 2 fully saturated rings. The van der Waals surface area contributed by atoms with E-state index in [-0.39, 0.29) is 11.9 Å². The number of aliphatic carboxylic acids is 1. The summed E-state index contributed by atoms with van der Waals surface area (Å²) in [7, 11) is 0. The Morgan fingerprint density at radius 2 is 1.85 bits per heavy atom. The van der Waals surface area contributed by atoms with Gasteiger partial charge in [0.1, 0.15) is 0 Å². The van der Waals surface area contributed by atoms with Crippen LogP contribution in [0.3, 0.4) is 0 Å². The molecule has 0 aromatic carbocycles. The van der Waals surface area contributed by atoms with Gasteiger partial charge < -0.3 is 10.0 Å². The van der Waals surface area contributed by atoms with Crippen molar-refractivity contribution in [3.05, 3.63) is 0 Å². The second kappa shape index (κ2) is 6.12. The fourth-order valence-corrected chi connectivity index (χ4v) is 3.47. The lowest BCUT2D eigenvalue weighted by Crippen LogP contribution is -2.54. The monoisotopic (exact) mass is 282 g/mol. The summed E-state index contributed by atoms with van der Waals surface area (Å²) in [5, 5.41) is 9.52. The predicted octanol–water partition coefficient (Wildman–Crippen LogP) is 1.57. The van der Waals surface area contributed by atoms with E-state index in [1.807, 2.05) is 18.7 Å². The SMILES string of the molecule is CCC1(C(=O)O)CCCN(C(C)C(=O)N2CCCC2)C1. The maximum atomic E-state index is 12.5. The number of amides is 1. The van der Waals surface area contributed by atoms with Crippen LogP contribution in [0.25, 0.3) is 0 Å². The summed E-state index contributed by atoms with van der Waals surface area (Å²) in [6, 6.07) is -0.196. The van der Waals surface area contributed by atoms with Gasteiger partial charge in [-0.3, -0.25) is 14.5 Å². The lowest BCUT2D eigenvalue weighted by atomic mass is 9.77. The highest BCUT2D eigenvalue weighted by molar-refractivity contribution is 5.82. The quantitative estimate of drug-likeness (QED) is 0.850. The third kappa shape index (κ3) is 2.82. The van der Waals surface area contributed by atoms with Crippen molar-refractivity contribution in [2.24, 2.45) is 5.41 Å². The van der Waals surface area contributed by atoms with Gasteiger partial charge in [0.05, 0.1) is 11.5 Å². The van der Waals surface area contributed by atoms with Gasteiger partial charge in [-0.05, 0) is 45.6 Å². The molecule has 0 radical (unpaired) electrons. The first kappa shape index (κ1) is 15.3.